The van der Waals surface area contributed by atoms with E-state index >= 15 is 0 Å². The Kier molecular flexibility index (Phi) is 3.44. The lowest BCUT2D eigenvalue weighted by Crippen LogP contribution is -2.42. The van der Waals surface area contributed by atoms with Crippen molar-refractivity contribution >= 4 is 22.9 Å². The largest absolute Gasteiger partial charge is 0.327 e. The van der Waals surface area contributed by atoms with Gasteiger partial charge in [0.2, 0.25) is 0 Å². The Labute approximate surface area is 93.7 Å². The Balaban J connectivity index is 1.94. The predicted molar refractivity (Wildman–Crippen MR) is 61.8 cm³/mol. The van der Waals surface area contributed by atoms with Crippen molar-refractivity contribution in [3.8, 4) is 0 Å². The summed E-state index contributed by atoms with van der Waals surface area (Å²) >= 11 is 7.78. The highest BCUT2D eigenvalue weighted by Crippen LogP contribution is 2.24. The quantitative estimate of drug-likeness (QED) is 0.845. The van der Waals surface area contributed by atoms with Crippen LogP contribution >= 0.6 is 22.9 Å². The van der Waals surface area contributed by atoms with Gasteiger partial charge in [-0.2, -0.15) is 0 Å². The lowest BCUT2D eigenvalue weighted by atomic mass is 10.1. The molecule has 1 aliphatic heterocycles. The van der Waals surface area contributed by atoms with Gasteiger partial charge < -0.3 is 5.73 Å². The van der Waals surface area contributed by atoms with Crippen LogP contribution in [0.2, 0.25) is 5.02 Å². The lowest BCUT2D eigenvalue weighted by molar-refractivity contribution is 0.203. The first kappa shape index (κ1) is 10.4. The molecule has 1 saturated heterocycles. The van der Waals surface area contributed by atoms with Crippen LogP contribution in [0.15, 0.2) is 11.4 Å². The average molecular weight is 231 g/mol. The Bertz CT molecular complexity index is 300. The molecule has 4 heteroatoms. The highest BCUT2D eigenvalue weighted by atomic mass is 35.5. The minimum atomic E-state index is 0.350. The van der Waals surface area contributed by atoms with Crippen LogP contribution < -0.4 is 5.73 Å². The maximum atomic E-state index is 6.05. The number of likely N-dealkylation sites (tertiary alicyclic amines) is 1. The van der Waals surface area contributed by atoms with Gasteiger partial charge in [0.25, 0.3) is 0 Å². The van der Waals surface area contributed by atoms with Crippen LogP contribution in [0.4, 0.5) is 0 Å². The fourth-order valence-electron chi connectivity index (χ4n) is 1.88. The van der Waals surface area contributed by atoms with Crippen LogP contribution in [0, 0.1) is 0 Å². The topological polar surface area (TPSA) is 29.3 Å². The molecule has 0 spiro atoms. The lowest BCUT2D eigenvalue weighted by Gasteiger charge is -2.30. The van der Waals surface area contributed by atoms with Gasteiger partial charge in [0.15, 0.2) is 0 Å². The van der Waals surface area contributed by atoms with E-state index in [9.17, 15) is 0 Å². The van der Waals surface area contributed by atoms with E-state index in [-0.39, 0.29) is 0 Å². The second kappa shape index (κ2) is 4.62. The molecule has 0 amide bonds. The smallest absolute Gasteiger partial charge is 0.0558 e. The zero-order valence-electron chi connectivity index (χ0n) is 8.08. The number of hydrogen-bond donors (Lipinski definition) is 1. The Morgan fingerprint density at radius 3 is 3.14 bits per heavy atom. The van der Waals surface area contributed by atoms with Crippen molar-refractivity contribution in [2.24, 2.45) is 5.73 Å². The third-order valence-corrected chi connectivity index (χ3v) is 3.97. The fourth-order valence-corrected chi connectivity index (χ4v) is 3.01. The first-order valence-electron chi connectivity index (χ1n) is 4.95. The SMILES string of the molecule is N[C@@H]1CCCN(Cc2sccc2Cl)C1. The van der Waals surface area contributed by atoms with Crippen molar-refractivity contribution in [3.05, 3.63) is 21.3 Å². The molecular formula is C10H15ClN2S. The van der Waals surface area contributed by atoms with E-state index in [1.54, 1.807) is 11.3 Å². The number of nitrogens with zero attached hydrogens (tertiary/aromatic N) is 1. The molecule has 1 aromatic heterocycles. The van der Waals surface area contributed by atoms with Crippen molar-refractivity contribution < 1.29 is 0 Å². The maximum Gasteiger partial charge on any atom is 0.0558 e. The van der Waals surface area contributed by atoms with E-state index in [4.69, 9.17) is 17.3 Å². The number of nitrogens with two attached hydrogens (primary N) is 1. The zero-order chi connectivity index (χ0) is 9.97. The molecule has 1 atom stereocenters. The van der Waals surface area contributed by atoms with Crippen molar-refractivity contribution in [1.82, 2.24) is 4.90 Å². The third kappa shape index (κ3) is 2.48. The van der Waals surface area contributed by atoms with Crippen molar-refractivity contribution in [1.29, 1.82) is 0 Å². The number of thiophene rings is 1. The summed E-state index contributed by atoms with van der Waals surface area (Å²) in [6, 6.07) is 2.31. The molecule has 0 bridgehead atoms. The third-order valence-electron chi connectivity index (χ3n) is 2.60. The van der Waals surface area contributed by atoms with E-state index in [2.05, 4.69) is 4.90 Å². The molecular weight excluding hydrogens is 216 g/mol. The van der Waals surface area contributed by atoms with Gasteiger partial charge in [-0.1, -0.05) is 11.6 Å². The van der Waals surface area contributed by atoms with Gasteiger partial charge in [-0.25, -0.2) is 0 Å². The van der Waals surface area contributed by atoms with Crippen molar-refractivity contribution in [2.75, 3.05) is 13.1 Å². The van der Waals surface area contributed by atoms with E-state index in [1.807, 2.05) is 11.4 Å². The summed E-state index contributed by atoms with van der Waals surface area (Å²) in [5.74, 6) is 0. The molecule has 0 radical (unpaired) electrons. The summed E-state index contributed by atoms with van der Waals surface area (Å²) in [5, 5.41) is 2.94. The number of halogens is 1. The standard InChI is InChI=1S/C10H15ClN2S/c11-9-3-5-14-10(9)7-13-4-1-2-8(12)6-13/h3,5,8H,1-2,4,6-7,12H2/t8-/m1/s1. The minimum Gasteiger partial charge on any atom is -0.327 e. The molecule has 78 valence electrons. The van der Waals surface area contributed by atoms with Gasteiger partial charge in [-0.3, -0.25) is 4.90 Å². The van der Waals surface area contributed by atoms with Gasteiger partial charge in [-0.05, 0) is 30.8 Å². The molecule has 2 rings (SSSR count). The van der Waals surface area contributed by atoms with Crippen LogP contribution in [-0.4, -0.2) is 24.0 Å². The van der Waals surface area contributed by atoms with Crippen LogP contribution in [0.5, 0.6) is 0 Å². The molecule has 0 aliphatic carbocycles. The van der Waals surface area contributed by atoms with E-state index in [0.717, 1.165) is 31.1 Å². The van der Waals surface area contributed by atoms with Gasteiger partial charge in [0.1, 0.15) is 0 Å². The molecule has 1 fully saturated rings. The number of rotatable bonds is 2. The second-order valence-electron chi connectivity index (χ2n) is 3.83. The molecule has 1 aromatic rings. The minimum absolute atomic E-state index is 0.350. The van der Waals surface area contributed by atoms with Crippen LogP contribution in [0.3, 0.4) is 0 Å². The summed E-state index contributed by atoms with van der Waals surface area (Å²) in [5.41, 5.74) is 5.92. The predicted octanol–water partition coefficient (Wildman–Crippen LogP) is 2.32. The van der Waals surface area contributed by atoms with E-state index in [0.29, 0.717) is 6.04 Å². The Morgan fingerprint density at radius 1 is 1.64 bits per heavy atom. The van der Waals surface area contributed by atoms with E-state index in [1.165, 1.54) is 11.3 Å². The summed E-state index contributed by atoms with van der Waals surface area (Å²) in [6.07, 6.45) is 2.37. The van der Waals surface area contributed by atoms with Gasteiger partial charge in [-0.15, -0.1) is 11.3 Å². The Hall–Kier alpha value is -0.0900. The van der Waals surface area contributed by atoms with Gasteiger partial charge in [0, 0.05) is 24.0 Å². The van der Waals surface area contributed by atoms with Crippen LogP contribution in [0.1, 0.15) is 17.7 Å². The molecule has 14 heavy (non-hydrogen) atoms. The van der Waals surface area contributed by atoms with E-state index < -0.39 is 0 Å². The van der Waals surface area contributed by atoms with Gasteiger partial charge >= 0.3 is 0 Å². The molecule has 2 N–H and O–H groups in total. The normalized spacial score (nSPS) is 24.0. The average Bonchev–Trinajstić information content (AvgIpc) is 2.52. The highest BCUT2D eigenvalue weighted by molar-refractivity contribution is 7.10. The molecule has 1 aliphatic rings. The number of piperidine rings is 1. The molecule has 0 unspecified atom stereocenters. The summed E-state index contributed by atoms with van der Waals surface area (Å²) in [6.45, 7) is 3.13. The summed E-state index contributed by atoms with van der Waals surface area (Å²) in [7, 11) is 0. The molecule has 2 heterocycles. The van der Waals surface area contributed by atoms with Crippen LogP contribution in [0.25, 0.3) is 0 Å². The number of hydrogen-bond acceptors (Lipinski definition) is 3. The second-order valence-corrected chi connectivity index (χ2v) is 5.24. The van der Waals surface area contributed by atoms with Crippen LogP contribution in [-0.2, 0) is 6.54 Å². The zero-order valence-corrected chi connectivity index (χ0v) is 9.65. The first-order chi connectivity index (χ1) is 6.75. The summed E-state index contributed by atoms with van der Waals surface area (Å²) in [4.78, 5) is 3.66. The fraction of sp³-hybridized carbons (Fsp3) is 0.600. The Morgan fingerprint density at radius 2 is 2.50 bits per heavy atom. The highest BCUT2D eigenvalue weighted by Gasteiger charge is 2.17. The van der Waals surface area contributed by atoms with Gasteiger partial charge in [0.05, 0.1) is 5.02 Å². The summed E-state index contributed by atoms with van der Waals surface area (Å²) < 4.78 is 0. The maximum absolute atomic E-state index is 6.05. The molecule has 0 saturated carbocycles. The van der Waals surface area contributed by atoms with Crippen molar-refractivity contribution in [2.45, 2.75) is 25.4 Å². The monoisotopic (exact) mass is 230 g/mol. The van der Waals surface area contributed by atoms with Crippen molar-refractivity contribution in [3.63, 3.8) is 0 Å². The molecule has 2 nitrogen and oxygen atoms in total. The molecule has 0 aromatic carbocycles. The first-order valence-corrected chi connectivity index (χ1v) is 6.21.